The average Bonchev–Trinajstić information content (AvgIpc) is 2.95. The lowest BCUT2D eigenvalue weighted by Crippen LogP contribution is -2.39. The van der Waals surface area contributed by atoms with Gasteiger partial charge >= 0.3 is 0 Å². The van der Waals surface area contributed by atoms with E-state index in [1.165, 1.54) is 25.7 Å². The predicted octanol–water partition coefficient (Wildman–Crippen LogP) is 1.65. The van der Waals surface area contributed by atoms with Crippen LogP contribution >= 0.6 is 0 Å². The molecule has 0 aliphatic carbocycles. The Balaban J connectivity index is 1.41. The van der Waals surface area contributed by atoms with Crippen molar-refractivity contribution in [1.82, 2.24) is 25.2 Å². The van der Waals surface area contributed by atoms with E-state index in [1.807, 2.05) is 0 Å². The van der Waals surface area contributed by atoms with Gasteiger partial charge in [-0.05, 0) is 55.5 Å². The first-order chi connectivity index (χ1) is 13.3. The van der Waals surface area contributed by atoms with Gasteiger partial charge < -0.3 is 20.2 Å². The molecular formula is C18H29N7O2. The molecule has 1 atom stereocenters. The number of piperidine rings is 1. The van der Waals surface area contributed by atoms with E-state index in [4.69, 9.17) is 4.63 Å². The minimum Gasteiger partial charge on any atom is -0.392 e. The highest BCUT2D eigenvalue weighted by molar-refractivity contribution is 5.74. The van der Waals surface area contributed by atoms with E-state index in [2.05, 4.69) is 35.4 Å². The van der Waals surface area contributed by atoms with Gasteiger partial charge in [-0.15, -0.1) is 0 Å². The van der Waals surface area contributed by atoms with Crippen LogP contribution in [0.2, 0.25) is 0 Å². The van der Waals surface area contributed by atoms with Crippen molar-refractivity contribution in [2.75, 3.05) is 49.5 Å². The van der Waals surface area contributed by atoms with Gasteiger partial charge in [0, 0.05) is 26.2 Å². The van der Waals surface area contributed by atoms with Crippen molar-refractivity contribution in [3.05, 3.63) is 0 Å². The summed E-state index contributed by atoms with van der Waals surface area (Å²) in [5.74, 6) is 1.62. The van der Waals surface area contributed by atoms with Crippen LogP contribution < -0.4 is 10.2 Å². The fraction of sp³-hybridized carbons (Fsp3) is 0.778. The number of nitrogens with zero attached hydrogens (tertiary/aromatic N) is 6. The number of likely N-dealkylation sites (tertiary alicyclic amines) is 1. The normalized spacial score (nSPS) is 22.1. The predicted molar refractivity (Wildman–Crippen MR) is 103 cm³/mol. The number of aromatic nitrogens is 4. The zero-order chi connectivity index (χ0) is 18.5. The highest BCUT2D eigenvalue weighted by Crippen LogP contribution is 2.26. The van der Waals surface area contributed by atoms with Crippen molar-refractivity contribution >= 4 is 22.9 Å². The summed E-state index contributed by atoms with van der Waals surface area (Å²) in [5, 5.41) is 20.9. The lowest BCUT2D eigenvalue weighted by Gasteiger charge is -2.30. The van der Waals surface area contributed by atoms with Gasteiger partial charge in [0.25, 0.3) is 0 Å². The van der Waals surface area contributed by atoms with E-state index in [1.54, 1.807) is 0 Å². The van der Waals surface area contributed by atoms with Crippen LogP contribution in [-0.4, -0.2) is 75.7 Å². The molecule has 2 aromatic rings. The number of fused-ring (bicyclic) bond motifs is 1. The largest absolute Gasteiger partial charge is 0.392 e. The fourth-order valence-corrected chi connectivity index (χ4v) is 3.99. The van der Waals surface area contributed by atoms with Crippen LogP contribution in [0.25, 0.3) is 11.3 Å². The van der Waals surface area contributed by atoms with Crippen LogP contribution in [0.15, 0.2) is 4.63 Å². The molecule has 4 heterocycles. The summed E-state index contributed by atoms with van der Waals surface area (Å²) in [4.78, 5) is 13.9. The van der Waals surface area contributed by atoms with E-state index < -0.39 is 0 Å². The van der Waals surface area contributed by atoms with Crippen LogP contribution in [0.5, 0.6) is 0 Å². The SMILES string of the molecule is O[C@H]1CCCN(CCCNc2nc3nonc3nc2N2CCCCCC2)C1. The van der Waals surface area contributed by atoms with Crippen LogP contribution in [0, 0.1) is 0 Å². The summed E-state index contributed by atoms with van der Waals surface area (Å²) in [6.07, 6.45) is 7.70. The number of nitrogens with one attached hydrogen (secondary N) is 1. The maximum Gasteiger partial charge on any atom is 0.245 e. The Kier molecular flexibility index (Phi) is 5.98. The van der Waals surface area contributed by atoms with Crippen molar-refractivity contribution in [3.8, 4) is 0 Å². The van der Waals surface area contributed by atoms with Crippen LogP contribution in [0.3, 0.4) is 0 Å². The molecule has 0 amide bonds. The minimum atomic E-state index is -0.172. The molecule has 0 saturated carbocycles. The van der Waals surface area contributed by atoms with E-state index in [0.717, 1.165) is 70.2 Å². The second-order valence-corrected chi connectivity index (χ2v) is 7.59. The monoisotopic (exact) mass is 375 g/mol. The standard InChI is InChI=1S/C18H29N7O2/c26-14-7-5-9-24(13-14)10-6-8-19-17-18(25-11-3-1-2-4-12-25)21-16-15(20-17)22-27-23-16/h14,26H,1-13H2,(H,19,20,22)/t14-/m0/s1. The number of anilines is 2. The van der Waals surface area contributed by atoms with Gasteiger partial charge in [-0.3, -0.25) is 0 Å². The lowest BCUT2D eigenvalue weighted by atomic mass is 10.1. The summed E-state index contributed by atoms with van der Waals surface area (Å²) in [6, 6.07) is 0. The Labute approximate surface area is 159 Å². The third-order valence-electron chi connectivity index (χ3n) is 5.43. The second kappa shape index (κ2) is 8.79. The van der Waals surface area contributed by atoms with E-state index >= 15 is 0 Å². The van der Waals surface area contributed by atoms with Crippen LogP contribution in [-0.2, 0) is 0 Å². The first kappa shape index (κ1) is 18.4. The molecule has 2 saturated heterocycles. The van der Waals surface area contributed by atoms with Gasteiger partial charge in [0.2, 0.25) is 11.3 Å². The molecule has 0 unspecified atom stereocenters. The number of hydrogen-bond donors (Lipinski definition) is 2. The zero-order valence-electron chi connectivity index (χ0n) is 15.8. The van der Waals surface area contributed by atoms with Gasteiger partial charge in [-0.2, -0.15) is 0 Å². The van der Waals surface area contributed by atoms with Gasteiger partial charge in [-0.25, -0.2) is 14.6 Å². The van der Waals surface area contributed by atoms with Crippen molar-refractivity contribution in [3.63, 3.8) is 0 Å². The van der Waals surface area contributed by atoms with Crippen molar-refractivity contribution in [2.24, 2.45) is 0 Å². The third-order valence-corrected chi connectivity index (χ3v) is 5.43. The number of hydrogen-bond acceptors (Lipinski definition) is 9. The molecule has 0 radical (unpaired) electrons. The number of aliphatic hydroxyl groups excluding tert-OH is 1. The van der Waals surface area contributed by atoms with Crippen molar-refractivity contribution < 1.29 is 9.74 Å². The number of β-amino-alcohol motifs (C(OH)–C–C–N with tert-alkyl or cyclic N) is 1. The Morgan fingerprint density at radius 2 is 1.78 bits per heavy atom. The van der Waals surface area contributed by atoms with Gasteiger partial charge in [0.05, 0.1) is 6.10 Å². The molecular weight excluding hydrogens is 346 g/mol. The number of rotatable bonds is 6. The summed E-state index contributed by atoms with van der Waals surface area (Å²) in [6.45, 7) is 5.63. The van der Waals surface area contributed by atoms with Crippen LogP contribution in [0.1, 0.15) is 44.9 Å². The number of aliphatic hydroxyl groups is 1. The van der Waals surface area contributed by atoms with Gasteiger partial charge in [-0.1, -0.05) is 12.8 Å². The molecule has 2 fully saturated rings. The molecule has 2 N–H and O–H groups in total. The molecule has 27 heavy (non-hydrogen) atoms. The third kappa shape index (κ3) is 4.65. The fourth-order valence-electron chi connectivity index (χ4n) is 3.99. The maximum absolute atomic E-state index is 9.80. The Morgan fingerprint density at radius 3 is 2.56 bits per heavy atom. The first-order valence-corrected chi connectivity index (χ1v) is 10.2. The molecule has 148 valence electrons. The Hall–Kier alpha value is -2.00. The maximum atomic E-state index is 9.80. The average molecular weight is 375 g/mol. The smallest absolute Gasteiger partial charge is 0.245 e. The van der Waals surface area contributed by atoms with Gasteiger partial charge in [0.1, 0.15) is 0 Å². The molecule has 2 aliphatic rings. The second-order valence-electron chi connectivity index (χ2n) is 7.59. The summed E-state index contributed by atoms with van der Waals surface area (Å²) in [5.41, 5.74) is 0.900. The van der Waals surface area contributed by atoms with Crippen LogP contribution in [0.4, 0.5) is 11.6 Å². The topological polar surface area (TPSA) is 103 Å². The molecule has 9 nitrogen and oxygen atoms in total. The van der Waals surface area contributed by atoms with Crippen molar-refractivity contribution in [2.45, 2.75) is 51.0 Å². The Morgan fingerprint density at radius 1 is 1.00 bits per heavy atom. The highest BCUT2D eigenvalue weighted by atomic mass is 16.6. The minimum absolute atomic E-state index is 0.172. The lowest BCUT2D eigenvalue weighted by molar-refractivity contribution is 0.0706. The molecule has 2 aliphatic heterocycles. The van der Waals surface area contributed by atoms with E-state index in [9.17, 15) is 5.11 Å². The summed E-state index contributed by atoms with van der Waals surface area (Å²) >= 11 is 0. The van der Waals surface area contributed by atoms with Gasteiger partial charge in [0.15, 0.2) is 11.6 Å². The summed E-state index contributed by atoms with van der Waals surface area (Å²) < 4.78 is 4.80. The molecule has 4 rings (SSSR count). The van der Waals surface area contributed by atoms with E-state index in [0.29, 0.717) is 11.3 Å². The van der Waals surface area contributed by atoms with Crippen molar-refractivity contribution in [1.29, 1.82) is 0 Å². The zero-order valence-corrected chi connectivity index (χ0v) is 15.8. The molecule has 2 aromatic heterocycles. The highest BCUT2D eigenvalue weighted by Gasteiger charge is 2.20. The molecule has 0 aromatic carbocycles. The molecule has 0 spiro atoms. The first-order valence-electron chi connectivity index (χ1n) is 10.2. The van der Waals surface area contributed by atoms with E-state index in [-0.39, 0.29) is 6.10 Å². The molecule has 0 bridgehead atoms. The summed E-state index contributed by atoms with van der Waals surface area (Å²) in [7, 11) is 0. The quantitative estimate of drug-likeness (QED) is 0.729. The molecule has 9 heteroatoms. The Bertz CT molecular complexity index is 730.